The monoisotopic (exact) mass is 424 g/mol. The molecule has 4 rings (SSSR count). The largest absolute Gasteiger partial charge is 0.361 e. The van der Waals surface area contributed by atoms with Crippen molar-refractivity contribution < 1.29 is 23.7 Å². The van der Waals surface area contributed by atoms with E-state index in [9.17, 15) is 19.2 Å². The van der Waals surface area contributed by atoms with E-state index < -0.39 is 0 Å². The first-order valence-electron chi connectivity index (χ1n) is 10.3. The van der Waals surface area contributed by atoms with Gasteiger partial charge in [0.2, 0.25) is 0 Å². The molecule has 2 aliphatic rings. The van der Waals surface area contributed by atoms with Gasteiger partial charge in [0.1, 0.15) is 5.76 Å². The van der Waals surface area contributed by atoms with E-state index in [1.165, 1.54) is 11.0 Å². The van der Waals surface area contributed by atoms with Gasteiger partial charge in [0.15, 0.2) is 5.69 Å². The maximum atomic E-state index is 13.0. The summed E-state index contributed by atoms with van der Waals surface area (Å²) in [5.41, 5.74) is 1.22. The lowest BCUT2D eigenvalue weighted by Gasteiger charge is -2.34. The number of benzene rings is 1. The van der Waals surface area contributed by atoms with Crippen LogP contribution in [0.2, 0.25) is 0 Å². The van der Waals surface area contributed by atoms with Crippen LogP contribution < -0.4 is 0 Å². The summed E-state index contributed by atoms with van der Waals surface area (Å²) >= 11 is 0. The third-order valence-corrected chi connectivity index (χ3v) is 5.47. The van der Waals surface area contributed by atoms with Gasteiger partial charge in [-0.05, 0) is 31.0 Å². The summed E-state index contributed by atoms with van der Waals surface area (Å²) in [5, 5.41) is 3.75. The van der Waals surface area contributed by atoms with E-state index in [0.29, 0.717) is 49.6 Å². The fourth-order valence-electron chi connectivity index (χ4n) is 3.88. The number of rotatable bonds is 4. The molecule has 0 bridgehead atoms. The van der Waals surface area contributed by atoms with Gasteiger partial charge in [0.05, 0.1) is 11.1 Å². The number of carbonyl (C=O) groups excluding carboxylic acids is 4. The normalized spacial score (nSPS) is 16.3. The van der Waals surface area contributed by atoms with Gasteiger partial charge < -0.3 is 14.3 Å². The van der Waals surface area contributed by atoms with Crippen LogP contribution in [0.1, 0.15) is 61.2 Å². The van der Waals surface area contributed by atoms with Crippen LogP contribution in [0.25, 0.3) is 0 Å². The molecule has 0 saturated carbocycles. The predicted octanol–water partition coefficient (Wildman–Crippen LogP) is 1.83. The fraction of sp³-hybridized carbons (Fsp3) is 0.409. The Hall–Kier alpha value is -3.49. The molecule has 9 heteroatoms. The SMILES string of the molecule is Cc1cc(C(=O)N2CCN(C(=O)c3ccc4c(c3)C(=O)N(CC(C)C)C4=O)CC2)no1. The molecule has 2 aliphatic heterocycles. The number of hydrogen-bond acceptors (Lipinski definition) is 6. The van der Waals surface area contributed by atoms with Gasteiger partial charge in [-0.25, -0.2) is 0 Å². The van der Waals surface area contributed by atoms with Crippen LogP contribution in [0.5, 0.6) is 0 Å². The number of hydrogen-bond donors (Lipinski definition) is 0. The molecular weight excluding hydrogens is 400 g/mol. The number of imide groups is 1. The number of carbonyl (C=O) groups is 4. The number of fused-ring (bicyclic) bond motifs is 1. The summed E-state index contributed by atoms with van der Waals surface area (Å²) in [7, 11) is 0. The van der Waals surface area contributed by atoms with Crippen LogP contribution in [0, 0.1) is 12.8 Å². The van der Waals surface area contributed by atoms with Gasteiger partial charge in [-0.3, -0.25) is 24.1 Å². The minimum atomic E-state index is -0.360. The first kappa shape index (κ1) is 20.8. The van der Waals surface area contributed by atoms with E-state index in [4.69, 9.17) is 4.52 Å². The average Bonchev–Trinajstić information content (AvgIpc) is 3.29. The van der Waals surface area contributed by atoms with Crippen molar-refractivity contribution in [3.8, 4) is 0 Å². The second-order valence-electron chi connectivity index (χ2n) is 8.28. The van der Waals surface area contributed by atoms with Crippen molar-refractivity contribution in [3.63, 3.8) is 0 Å². The van der Waals surface area contributed by atoms with Crippen molar-refractivity contribution in [3.05, 3.63) is 52.4 Å². The molecule has 31 heavy (non-hydrogen) atoms. The Labute approximate surface area is 179 Å². The molecule has 1 aromatic carbocycles. The maximum Gasteiger partial charge on any atom is 0.276 e. The summed E-state index contributed by atoms with van der Waals surface area (Å²) in [5.74, 6) is -0.410. The lowest BCUT2D eigenvalue weighted by atomic mass is 10.0. The average molecular weight is 424 g/mol. The number of nitrogens with zero attached hydrogens (tertiary/aromatic N) is 4. The highest BCUT2D eigenvalue weighted by Crippen LogP contribution is 2.25. The van der Waals surface area contributed by atoms with Gasteiger partial charge >= 0.3 is 0 Å². The first-order valence-corrected chi connectivity index (χ1v) is 10.3. The van der Waals surface area contributed by atoms with E-state index in [1.54, 1.807) is 34.9 Å². The zero-order valence-corrected chi connectivity index (χ0v) is 17.8. The van der Waals surface area contributed by atoms with E-state index in [0.717, 1.165) is 0 Å². The summed E-state index contributed by atoms with van der Waals surface area (Å²) in [4.78, 5) is 55.2. The van der Waals surface area contributed by atoms with Gasteiger partial charge in [-0.1, -0.05) is 19.0 Å². The molecule has 1 saturated heterocycles. The van der Waals surface area contributed by atoms with Crippen molar-refractivity contribution >= 4 is 23.6 Å². The van der Waals surface area contributed by atoms with Gasteiger partial charge in [0, 0.05) is 44.4 Å². The molecule has 0 atom stereocenters. The summed E-state index contributed by atoms with van der Waals surface area (Å²) in [6.07, 6.45) is 0. The third kappa shape index (κ3) is 3.83. The van der Waals surface area contributed by atoms with Crippen LogP contribution in [-0.4, -0.2) is 76.2 Å². The lowest BCUT2D eigenvalue weighted by molar-refractivity contribution is 0.0529. The zero-order valence-electron chi connectivity index (χ0n) is 17.8. The highest BCUT2D eigenvalue weighted by atomic mass is 16.5. The Balaban J connectivity index is 1.44. The molecule has 0 spiro atoms. The Morgan fingerprint density at radius 2 is 1.58 bits per heavy atom. The molecule has 0 aliphatic carbocycles. The van der Waals surface area contributed by atoms with E-state index in [2.05, 4.69) is 5.16 Å². The minimum Gasteiger partial charge on any atom is -0.361 e. The number of aryl methyl sites for hydroxylation is 1. The second kappa shape index (κ2) is 7.98. The second-order valence-corrected chi connectivity index (χ2v) is 8.28. The van der Waals surface area contributed by atoms with Crippen LogP contribution >= 0.6 is 0 Å². The molecule has 9 nitrogen and oxygen atoms in total. The van der Waals surface area contributed by atoms with Crippen LogP contribution in [0.3, 0.4) is 0 Å². The number of amides is 4. The minimum absolute atomic E-state index is 0.156. The van der Waals surface area contributed by atoms with Crippen LogP contribution in [0.15, 0.2) is 28.8 Å². The number of aromatic nitrogens is 1. The van der Waals surface area contributed by atoms with E-state index in [-0.39, 0.29) is 40.8 Å². The Morgan fingerprint density at radius 1 is 0.968 bits per heavy atom. The van der Waals surface area contributed by atoms with Crippen molar-refractivity contribution in [1.29, 1.82) is 0 Å². The van der Waals surface area contributed by atoms with Crippen molar-refractivity contribution in [1.82, 2.24) is 19.9 Å². The zero-order chi connectivity index (χ0) is 22.3. The topological polar surface area (TPSA) is 104 Å². The Bertz CT molecular complexity index is 1070. The van der Waals surface area contributed by atoms with Gasteiger partial charge in [-0.15, -0.1) is 0 Å². The molecule has 3 heterocycles. The van der Waals surface area contributed by atoms with E-state index in [1.807, 2.05) is 13.8 Å². The predicted molar refractivity (Wildman–Crippen MR) is 110 cm³/mol. The van der Waals surface area contributed by atoms with Crippen molar-refractivity contribution in [2.24, 2.45) is 5.92 Å². The molecular formula is C22H24N4O5. The lowest BCUT2D eigenvalue weighted by Crippen LogP contribution is -2.50. The van der Waals surface area contributed by atoms with Crippen molar-refractivity contribution in [2.75, 3.05) is 32.7 Å². The quantitative estimate of drug-likeness (QED) is 0.694. The summed E-state index contributed by atoms with van der Waals surface area (Å²) in [6, 6.07) is 6.23. The van der Waals surface area contributed by atoms with Gasteiger partial charge in [-0.2, -0.15) is 0 Å². The van der Waals surface area contributed by atoms with E-state index >= 15 is 0 Å². The Morgan fingerprint density at radius 3 is 2.16 bits per heavy atom. The van der Waals surface area contributed by atoms with Gasteiger partial charge in [0.25, 0.3) is 23.6 Å². The highest BCUT2D eigenvalue weighted by Gasteiger charge is 2.36. The Kier molecular flexibility index (Phi) is 5.34. The first-order chi connectivity index (χ1) is 14.8. The van der Waals surface area contributed by atoms with Crippen molar-refractivity contribution in [2.45, 2.75) is 20.8 Å². The molecule has 0 N–H and O–H groups in total. The van der Waals surface area contributed by atoms with Crippen LogP contribution in [-0.2, 0) is 0 Å². The smallest absolute Gasteiger partial charge is 0.276 e. The molecule has 4 amide bonds. The third-order valence-electron chi connectivity index (χ3n) is 5.47. The number of piperazine rings is 1. The fourth-order valence-corrected chi connectivity index (χ4v) is 3.88. The molecule has 1 fully saturated rings. The van der Waals surface area contributed by atoms with Crippen LogP contribution in [0.4, 0.5) is 0 Å². The maximum absolute atomic E-state index is 13.0. The standard InChI is InChI=1S/C22H24N4O5/c1-13(2)12-26-20(28)16-5-4-15(11-17(16)21(26)29)19(27)24-6-8-25(9-7-24)22(30)18-10-14(3)31-23-18/h4-5,10-11,13H,6-9,12H2,1-3H3. The molecule has 0 unspecified atom stereocenters. The summed E-state index contributed by atoms with van der Waals surface area (Å²) in [6.45, 7) is 7.42. The molecule has 1 aromatic heterocycles. The molecule has 162 valence electrons. The molecule has 2 aromatic rings. The highest BCUT2D eigenvalue weighted by molar-refractivity contribution is 6.22. The summed E-state index contributed by atoms with van der Waals surface area (Å²) < 4.78 is 4.96. The molecule has 0 radical (unpaired) electrons.